The van der Waals surface area contributed by atoms with Crippen LogP contribution in [0.2, 0.25) is 0 Å². The number of aryl methyl sites for hydroxylation is 1. The molecule has 1 saturated heterocycles. The zero-order valence-corrected chi connectivity index (χ0v) is 16.0. The molecule has 6 nitrogen and oxygen atoms in total. The molecule has 1 aromatic carbocycles. The van der Waals surface area contributed by atoms with Crippen LogP contribution in [0.4, 0.5) is 11.5 Å². The van der Waals surface area contributed by atoms with Gasteiger partial charge in [0.15, 0.2) is 0 Å². The number of anilines is 2. The molecule has 6 heteroatoms. The fourth-order valence-corrected chi connectivity index (χ4v) is 3.05. The van der Waals surface area contributed by atoms with E-state index in [0.29, 0.717) is 5.88 Å². The van der Waals surface area contributed by atoms with Gasteiger partial charge in [-0.2, -0.15) is 0 Å². The first-order valence-electron chi connectivity index (χ1n) is 9.48. The lowest BCUT2D eigenvalue weighted by atomic mass is 10.2. The Morgan fingerprint density at radius 3 is 2.57 bits per heavy atom. The summed E-state index contributed by atoms with van der Waals surface area (Å²) in [6, 6.07) is 15.8. The van der Waals surface area contributed by atoms with Gasteiger partial charge in [0, 0.05) is 43.3 Å². The average Bonchev–Trinajstić information content (AvgIpc) is 2.73. The summed E-state index contributed by atoms with van der Waals surface area (Å²) in [6.45, 7) is 6.47. The molecule has 0 atom stereocenters. The van der Waals surface area contributed by atoms with Crippen LogP contribution in [-0.2, 0) is 11.3 Å². The summed E-state index contributed by atoms with van der Waals surface area (Å²) in [5, 5.41) is 3.32. The highest BCUT2D eigenvalue weighted by atomic mass is 16.5. The number of aromatic nitrogens is 2. The van der Waals surface area contributed by atoms with Crippen molar-refractivity contribution in [1.29, 1.82) is 0 Å². The van der Waals surface area contributed by atoms with Crippen LogP contribution in [0.25, 0.3) is 0 Å². The Balaban J connectivity index is 1.34. The number of nitrogens with one attached hydrogen (secondary N) is 1. The van der Waals surface area contributed by atoms with Gasteiger partial charge in [0.25, 0.3) is 0 Å². The Morgan fingerprint density at radius 2 is 1.86 bits per heavy atom. The lowest BCUT2D eigenvalue weighted by molar-refractivity contribution is 0.0341. The molecule has 28 heavy (non-hydrogen) atoms. The van der Waals surface area contributed by atoms with E-state index in [9.17, 15) is 0 Å². The number of hydrogen-bond acceptors (Lipinski definition) is 6. The summed E-state index contributed by atoms with van der Waals surface area (Å²) in [5.41, 5.74) is 3.17. The maximum Gasteiger partial charge on any atom is 0.222 e. The van der Waals surface area contributed by atoms with Crippen LogP contribution in [0, 0.1) is 6.92 Å². The van der Waals surface area contributed by atoms with E-state index in [-0.39, 0.29) is 0 Å². The quantitative estimate of drug-likeness (QED) is 0.697. The fourth-order valence-electron chi connectivity index (χ4n) is 3.05. The topological polar surface area (TPSA) is 59.5 Å². The standard InChI is InChI=1S/C22H24N4O2/c1-17-3-2-10-23-22(17)28-20-7-5-19(6-8-20)25-21-9-4-18(15-24-21)16-26-11-13-27-14-12-26/h2-10,15H,11-14,16H2,1H3,(H,24,25). The van der Waals surface area contributed by atoms with Crippen molar-refractivity contribution < 1.29 is 9.47 Å². The van der Waals surface area contributed by atoms with Crippen molar-refractivity contribution in [3.63, 3.8) is 0 Å². The van der Waals surface area contributed by atoms with Gasteiger partial charge in [-0.15, -0.1) is 0 Å². The van der Waals surface area contributed by atoms with Crippen molar-refractivity contribution in [2.75, 3.05) is 31.6 Å². The molecule has 1 fully saturated rings. The summed E-state index contributed by atoms with van der Waals surface area (Å²) >= 11 is 0. The Kier molecular flexibility index (Phi) is 5.80. The second kappa shape index (κ2) is 8.82. The van der Waals surface area contributed by atoms with Gasteiger partial charge in [0.2, 0.25) is 5.88 Å². The highest BCUT2D eigenvalue weighted by Gasteiger charge is 2.10. The normalized spacial score (nSPS) is 14.6. The molecule has 0 saturated carbocycles. The van der Waals surface area contributed by atoms with Crippen LogP contribution in [0.1, 0.15) is 11.1 Å². The van der Waals surface area contributed by atoms with Gasteiger partial charge in [0.1, 0.15) is 11.6 Å². The number of hydrogen-bond donors (Lipinski definition) is 1. The smallest absolute Gasteiger partial charge is 0.222 e. The van der Waals surface area contributed by atoms with Crippen LogP contribution in [0.5, 0.6) is 11.6 Å². The molecule has 0 unspecified atom stereocenters. The number of morpholine rings is 1. The van der Waals surface area contributed by atoms with Gasteiger partial charge in [-0.25, -0.2) is 9.97 Å². The molecule has 1 aliphatic heterocycles. The largest absolute Gasteiger partial charge is 0.439 e. The van der Waals surface area contributed by atoms with E-state index < -0.39 is 0 Å². The average molecular weight is 376 g/mol. The maximum absolute atomic E-state index is 5.83. The Bertz CT molecular complexity index is 891. The van der Waals surface area contributed by atoms with E-state index in [2.05, 4.69) is 26.3 Å². The van der Waals surface area contributed by atoms with Gasteiger partial charge < -0.3 is 14.8 Å². The molecule has 144 valence electrons. The molecule has 1 N–H and O–H groups in total. The molecule has 0 bridgehead atoms. The second-order valence-corrected chi connectivity index (χ2v) is 6.82. The summed E-state index contributed by atoms with van der Waals surface area (Å²) in [7, 11) is 0. The number of rotatable bonds is 6. The molecular weight excluding hydrogens is 352 g/mol. The van der Waals surface area contributed by atoms with Gasteiger partial charge in [-0.3, -0.25) is 4.90 Å². The Labute approximate surface area is 165 Å². The van der Waals surface area contributed by atoms with Crippen molar-refractivity contribution in [1.82, 2.24) is 14.9 Å². The molecule has 3 heterocycles. The van der Waals surface area contributed by atoms with Crippen LogP contribution in [0.15, 0.2) is 60.9 Å². The van der Waals surface area contributed by atoms with Crippen LogP contribution >= 0.6 is 0 Å². The third-order valence-electron chi connectivity index (χ3n) is 4.64. The fraction of sp³-hybridized carbons (Fsp3) is 0.273. The van der Waals surface area contributed by atoms with Gasteiger partial charge in [-0.05, 0) is 48.9 Å². The van der Waals surface area contributed by atoms with Crippen LogP contribution < -0.4 is 10.1 Å². The minimum atomic E-state index is 0.626. The monoisotopic (exact) mass is 376 g/mol. The Morgan fingerprint density at radius 1 is 1.04 bits per heavy atom. The summed E-state index contributed by atoms with van der Waals surface area (Å²) in [6.07, 6.45) is 3.66. The van der Waals surface area contributed by atoms with E-state index >= 15 is 0 Å². The predicted molar refractivity (Wildman–Crippen MR) is 109 cm³/mol. The minimum Gasteiger partial charge on any atom is -0.439 e. The summed E-state index contributed by atoms with van der Waals surface area (Å²) in [4.78, 5) is 11.2. The van der Waals surface area contributed by atoms with Gasteiger partial charge >= 0.3 is 0 Å². The zero-order chi connectivity index (χ0) is 19.2. The number of ether oxygens (including phenoxy) is 2. The lowest BCUT2D eigenvalue weighted by Crippen LogP contribution is -2.35. The van der Waals surface area contributed by atoms with E-state index in [1.807, 2.05) is 55.6 Å². The van der Waals surface area contributed by atoms with Crippen molar-refractivity contribution in [3.05, 3.63) is 72.1 Å². The first-order chi connectivity index (χ1) is 13.8. The zero-order valence-electron chi connectivity index (χ0n) is 16.0. The molecule has 0 aliphatic carbocycles. The number of pyridine rings is 2. The van der Waals surface area contributed by atoms with E-state index in [0.717, 1.165) is 55.7 Å². The van der Waals surface area contributed by atoms with Gasteiger partial charge in [-0.1, -0.05) is 12.1 Å². The highest BCUT2D eigenvalue weighted by molar-refractivity contribution is 5.57. The summed E-state index contributed by atoms with van der Waals surface area (Å²) < 4.78 is 11.2. The van der Waals surface area contributed by atoms with Crippen LogP contribution in [-0.4, -0.2) is 41.2 Å². The molecular formula is C22H24N4O2. The molecule has 2 aromatic heterocycles. The third kappa shape index (κ3) is 4.85. The minimum absolute atomic E-state index is 0.626. The third-order valence-corrected chi connectivity index (χ3v) is 4.64. The first-order valence-corrected chi connectivity index (χ1v) is 9.48. The van der Waals surface area contributed by atoms with Crippen molar-refractivity contribution in [2.24, 2.45) is 0 Å². The van der Waals surface area contributed by atoms with E-state index in [1.165, 1.54) is 5.56 Å². The molecule has 3 aromatic rings. The predicted octanol–water partition coefficient (Wildman–Crippen LogP) is 4.15. The lowest BCUT2D eigenvalue weighted by Gasteiger charge is -2.26. The molecule has 1 aliphatic rings. The maximum atomic E-state index is 5.83. The highest BCUT2D eigenvalue weighted by Crippen LogP contribution is 2.24. The second-order valence-electron chi connectivity index (χ2n) is 6.82. The van der Waals surface area contributed by atoms with E-state index in [4.69, 9.17) is 9.47 Å². The molecule has 0 radical (unpaired) electrons. The van der Waals surface area contributed by atoms with Gasteiger partial charge in [0.05, 0.1) is 13.2 Å². The Hall–Kier alpha value is -2.96. The van der Waals surface area contributed by atoms with Crippen LogP contribution in [0.3, 0.4) is 0 Å². The SMILES string of the molecule is Cc1cccnc1Oc1ccc(Nc2ccc(CN3CCOCC3)cn2)cc1. The summed E-state index contributed by atoms with van der Waals surface area (Å²) in [5.74, 6) is 2.20. The van der Waals surface area contributed by atoms with Crippen molar-refractivity contribution in [2.45, 2.75) is 13.5 Å². The van der Waals surface area contributed by atoms with Crippen molar-refractivity contribution in [3.8, 4) is 11.6 Å². The molecule has 0 spiro atoms. The molecule has 0 amide bonds. The first kappa shape index (κ1) is 18.4. The number of benzene rings is 1. The van der Waals surface area contributed by atoms with Crippen molar-refractivity contribution >= 4 is 11.5 Å². The van der Waals surface area contributed by atoms with E-state index in [1.54, 1.807) is 6.20 Å². The molecule has 4 rings (SSSR count). The number of nitrogens with zero attached hydrogens (tertiary/aromatic N) is 3.